The van der Waals surface area contributed by atoms with E-state index in [1.165, 1.54) is 10.6 Å². The second-order valence-electron chi connectivity index (χ2n) is 5.35. The summed E-state index contributed by atoms with van der Waals surface area (Å²) < 4.78 is 24.5. The maximum Gasteiger partial charge on any atom is 0.230 e. The standard InChI is InChI=1S/C15H22N2O3S/c1-3-17(14-7-5-4-6-8-14)15(18)13-9-11-16(12-10-13)21(2,19)20/h4-8,13H,3,9-12H2,1-2H3. The Balaban J connectivity index is 2.04. The van der Waals surface area contributed by atoms with Crippen LogP contribution in [0.25, 0.3) is 0 Å². The Hall–Kier alpha value is -1.40. The molecule has 6 heteroatoms. The van der Waals surface area contributed by atoms with Crippen LogP contribution in [0.4, 0.5) is 5.69 Å². The average molecular weight is 310 g/mol. The smallest absolute Gasteiger partial charge is 0.230 e. The molecule has 21 heavy (non-hydrogen) atoms. The van der Waals surface area contributed by atoms with E-state index >= 15 is 0 Å². The van der Waals surface area contributed by atoms with Gasteiger partial charge in [0.15, 0.2) is 0 Å². The van der Waals surface area contributed by atoms with Crippen molar-refractivity contribution in [3.63, 3.8) is 0 Å². The van der Waals surface area contributed by atoms with Crippen molar-refractivity contribution in [1.29, 1.82) is 0 Å². The molecular weight excluding hydrogens is 288 g/mol. The van der Waals surface area contributed by atoms with Gasteiger partial charge in [0.1, 0.15) is 0 Å². The number of amides is 1. The van der Waals surface area contributed by atoms with Gasteiger partial charge in [-0.05, 0) is 31.9 Å². The minimum absolute atomic E-state index is 0.0943. The number of hydrogen-bond donors (Lipinski definition) is 0. The fourth-order valence-corrected chi connectivity index (χ4v) is 3.60. The number of sulfonamides is 1. The van der Waals surface area contributed by atoms with E-state index in [0.29, 0.717) is 32.5 Å². The molecule has 116 valence electrons. The van der Waals surface area contributed by atoms with E-state index in [1.807, 2.05) is 37.3 Å². The van der Waals surface area contributed by atoms with Crippen LogP contribution in [0.5, 0.6) is 0 Å². The first-order chi connectivity index (χ1) is 9.93. The summed E-state index contributed by atoms with van der Waals surface area (Å²) in [6.07, 6.45) is 2.40. The maximum absolute atomic E-state index is 12.6. The Bertz CT molecular complexity index is 578. The van der Waals surface area contributed by atoms with Gasteiger partial charge in [-0.25, -0.2) is 12.7 Å². The molecule has 1 amide bonds. The van der Waals surface area contributed by atoms with E-state index in [0.717, 1.165) is 5.69 Å². The van der Waals surface area contributed by atoms with Crippen LogP contribution in [0.1, 0.15) is 19.8 Å². The van der Waals surface area contributed by atoms with Gasteiger partial charge in [-0.3, -0.25) is 4.79 Å². The molecule has 1 aliphatic heterocycles. The molecule has 1 aliphatic rings. The molecule has 0 spiro atoms. The largest absolute Gasteiger partial charge is 0.312 e. The molecule has 0 aromatic heterocycles. The lowest BCUT2D eigenvalue weighted by Gasteiger charge is -2.32. The van der Waals surface area contributed by atoms with Gasteiger partial charge >= 0.3 is 0 Å². The van der Waals surface area contributed by atoms with Crippen LogP contribution in [0.3, 0.4) is 0 Å². The fourth-order valence-electron chi connectivity index (χ4n) is 2.73. The van der Waals surface area contributed by atoms with E-state index in [9.17, 15) is 13.2 Å². The predicted octanol–water partition coefficient (Wildman–Crippen LogP) is 1.71. The molecule has 0 saturated carbocycles. The normalized spacial score (nSPS) is 17.6. The molecule has 1 fully saturated rings. The number of para-hydroxylation sites is 1. The van der Waals surface area contributed by atoms with Gasteiger partial charge < -0.3 is 4.90 Å². The highest BCUT2D eigenvalue weighted by Crippen LogP contribution is 2.24. The van der Waals surface area contributed by atoms with Crippen LogP contribution < -0.4 is 4.90 Å². The molecule has 0 radical (unpaired) electrons. The number of hydrogen-bond acceptors (Lipinski definition) is 3. The number of carbonyl (C=O) groups excluding carboxylic acids is 1. The first kappa shape index (κ1) is 16.0. The van der Waals surface area contributed by atoms with Crippen LogP contribution in [-0.2, 0) is 14.8 Å². The number of nitrogens with zero attached hydrogens (tertiary/aromatic N) is 2. The zero-order valence-electron chi connectivity index (χ0n) is 12.5. The predicted molar refractivity (Wildman–Crippen MR) is 83.6 cm³/mol. The summed E-state index contributed by atoms with van der Waals surface area (Å²) in [6, 6.07) is 9.60. The number of anilines is 1. The summed E-state index contributed by atoms with van der Waals surface area (Å²) in [5.41, 5.74) is 0.899. The molecule has 2 rings (SSSR count). The van der Waals surface area contributed by atoms with E-state index in [2.05, 4.69) is 0 Å². The van der Waals surface area contributed by atoms with Crippen molar-refractivity contribution in [1.82, 2.24) is 4.31 Å². The third-order valence-corrected chi connectivity index (χ3v) is 5.23. The minimum Gasteiger partial charge on any atom is -0.312 e. The Labute approximate surface area is 126 Å². The van der Waals surface area contributed by atoms with E-state index in [-0.39, 0.29) is 11.8 Å². The van der Waals surface area contributed by atoms with Crippen molar-refractivity contribution < 1.29 is 13.2 Å². The summed E-state index contributed by atoms with van der Waals surface area (Å²) in [5, 5.41) is 0. The molecule has 0 N–H and O–H groups in total. The molecular formula is C15H22N2O3S. The highest BCUT2D eigenvalue weighted by Gasteiger charge is 2.31. The molecule has 1 aromatic rings. The Kier molecular flexibility index (Phi) is 5.00. The SMILES string of the molecule is CCN(C(=O)C1CCN(S(C)(=O)=O)CC1)c1ccccc1. The van der Waals surface area contributed by atoms with Crippen molar-refractivity contribution in [3.05, 3.63) is 30.3 Å². The summed E-state index contributed by atoms with van der Waals surface area (Å²) in [6.45, 7) is 3.44. The zero-order valence-corrected chi connectivity index (χ0v) is 13.3. The van der Waals surface area contributed by atoms with Gasteiger partial charge in [0.25, 0.3) is 0 Å². The Morgan fingerprint density at radius 3 is 2.29 bits per heavy atom. The topological polar surface area (TPSA) is 57.7 Å². The molecule has 5 nitrogen and oxygen atoms in total. The fraction of sp³-hybridized carbons (Fsp3) is 0.533. The zero-order chi connectivity index (χ0) is 15.5. The summed E-state index contributed by atoms with van der Waals surface area (Å²) >= 11 is 0. The van der Waals surface area contributed by atoms with Crippen molar-refractivity contribution >= 4 is 21.6 Å². The molecule has 1 heterocycles. The van der Waals surface area contributed by atoms with Crippen molar-refractivity contribution in [2.24, 2.45) is 5.92 Å². The molecule has 0 unspecified atom stereocenters. The van der Waals surface area contributed by atoms with Gasteiger partial charge in [-0.1, -0.05) is 18.2 Å². The van der Waals surface area contributed by atoms with Crippen LogP contribution in [0, 0.1) is 5.92 Å². The number of rotatable bonds is 4. The lowest BCUT2D eigenvalue weighted by Crippen LogP contribution is -2.44. The van der Waals surface area contributed by atoms with Gasteiger partial charge in [-0.15, -0.1) is 0 Å². The van der Waals surface area contributed by atoms with Crippen molar-refractivity contribution in [3.8, 4) is 0 Å². The molecule has 0 bridgehead atoms. The Morgan fingerprint density at radius 1 is 1.24 bits per heavy atom. The van der Waals surface area contributed by atoms with Gasteiger partial charge in [0, 0.05) is 31.2 Å². The van der Waals surface area contributed by atoms with Crippen LogP contribution in [-0.4, -0.2) is 44.5 Å². The maximum atomic E-state index is 12.6. The van der Waals surface area contributed by atoms with E-state index < -0.39 is 10.0 Å². The van der Waals surface area contributed by atoms with Crippen molar-refractivity contribution in [2.45, 2.75) is 19.8 Å². The quantitative estimate of drug-likeness (QED) is 0.850. The van der Waals surface area contributed by atoms with Crippen LogP contribution >= 0.6 is 0 Å². The number of benzene rings is 1. The minimum atomic E-state index is -3.14. The molecule has 1 aromatic carbocycles. The third-order valence-electron chi connectivity index (χ3n) is 3.92. The Morgan fingerprint density at radius 2 is 1.81 bits per heavy atom. The van der Waals surface area contributed by atoms with E-state index in [4.69, 9.17) is 0 Å². The van der Waals surface area contributed by atoms with Gasteiger partial charge in [-0.2, -0.15) is 0 Å². The average Bonchev–Trinajstić information content (AvgIpc) is 2.48. The molecule has 1 saturated heterocycles. The monoisotopic (exact) mass is 310 g/mol. The number of carbonyl (C=O) groups is 1. The summed E-state index contributed by atoms with van der Waals surface area (Å²) in [5.74, 6) is 0.00000661. The van der Waals surface area contributed by atoms with Gasteiger partial charge in [0.05, 0.1) is 6.26 Å². The second-order valence-corrected chi connectivity index (χ2v) is 7.34. The first-order valence-electron chi connectivity index (χ1n) is 7.25. The van der Waals surface area contributed by atoms with E-state index in [1.54, 1.807) is 4.90 Å². The second kappa shape index (κ2) is 6.58. The summed E-state index contributed by atoms with van der Waals surface area (Å²) in [4.78, 5) is 14.4. The highest BCUT2D eigenvalue weighted by molar-refractivity contribution is 7.88. The van der Waals surface area contributed by atoms with Gasteiger partial charge in [0.2, 0.25) is 15.9 Å². The molecule has 0 aliphatic carbocycles. The third kappa shape index (κ3) is 3.83. The number of piperidine rings is 1. The molecule has 0 atom stereocenters. The first-order valence-corrected chi connectivity index (χ1v) is 9.10. The lowest BCUT2D eigenvalue weighted by molar-refractivity contribution is -0.123. The highest BCUT2D eigenvalue weighted by atomic mass is 32.2. The van der Waals surface area contributed by atoms with Crippen molar-refractivity contribution in [2.75, 3.05) is 30.8 Å². The summed E-state index contributed by atoms with van der Waals surface area (Å²) in [7, 11) is -3.14. The lowest BCUT2D eigenvalue weighted by atomic mass is 9.96. The van der Waals surface area contributed by atoms with Crippen LogP contribution in [0.15, 0.2) is 30.3 Å². The van der Waals surface area contributed by atoms with Crippen LogP contribution in [0.2, 0.25) is 0 Å².